The fourth-order valence-corrected chi connectivity index (χ4v) is 2.96. The third kappa shape index (κ3) is 3.79. The van der Waals surface area contributed by atoms with Crippen molar-refractivity contribution >= 4 is 11.8 Å². The molecule has 1 fully saturated rings. The molecule has 24 heavy (non-hydrogen) atoms. The number of hydrogen-bond donors (Lipinski definition) is 1. The summed E-state index contributed by atoms with van der Waals surface area (Å²) in [5, 5.41) is 6.84. The van der Waals surface area contributed by atoms with Crippen molar-refractivity contribution in [3.05, 3.63) is 48.0 Å². The quantitative estimate of drug-likeness (QED) is 0.897. The minimum absolute atomic E-state index is 0.0166. The Labute approximate surface area is 140 Å². The van der Waals surface area contributed by atoms with Gasteiger partial charge >= 0.3 is 0 Å². The molecule has 3 heterocycles. The molecule has 2 amide bonds. The number of pyridine rings is 1. The van der Waals surface area contributed by atoms with E-state index in [0.29, 0.717) is 6.54 Å². The van der Waals surface area contributed by atoms with Crippen molar-refractivity contribution in [2.75, 3.05) is 6.54 Å². The lowest BCUT2D eigenvalue weighted by Gasteiger charge is -2.24. The zero-order valence-corrected chi connectivity index (χ0v) is 13.7. The summed E-state index contributed by atoms with van der Waals surface area (Å²) in [4.78, 5) is 29.9. The van der Waals surface area contributed by atoms with Crippen LogP contribution in [0.15, 0.2) is 36.8 Å². The summed E-state index contributed by atoms with van der Waals surface area (Å²) in [5.41, 5.74) is 1.84. The maximum Gasteiger partial charge on any atom is 0.244 e. The van der Waals surface area contributed by atoms with Crippen molar-refractivity contribution in [2.24, 2.45) is 0 Å². The number of likely N-dealkylation sites (tertiary alicyclic amines) is 1. The maximum absolute atomic E-state index is 12.5. The summed E-state index contributed by atoms with van der Waals surface area (Å²) in [6, 6.07) is 5.72. The molecule has 0 saturated carbocycles. The number of aromatic nitrogens is 3. The first-order valence-corrected chi connectivity index (χ1v) is 8.09. The van der Waals surface area contributed by atoms with Crippen LogP contribution in [0.5, 0.6) is 0 Å². The Morgan fingerprint density at radius 3 is 2.92 bits per heavy atom. The molecule has 1 N–H and O–H groups in total. The number of hydrogen-bond acceptors (Lipinski definition) is 4. The number of nitrogens with zero attached hydrogens (tertiary/aromatic N) is 4. The smallest absolute Gasteiger partial charge is 0.244 e. The van der Waals surface area contributed by atoms with Crippen LogP contribution in [0, 0.1) is 0 Å². The lowest BCUT2D eigenvalue weighted by Crippen LogP contribution is -2.33. The van der Waals surface area contributed by atoms with E-state index in [1.165, 1.54) is 6.92 Å². The summed E-state index contributed by atoms with van der Waals surface area (Å²) in [6.07, 6.45) is 7.12. The predicted octanol–water partition coefficient (Wildman–Crippen LogP) is 1.28. The Hall–Kier alpha value is -2.70. The Morgan fingerprint density at radius 1 is 1.38 bits per heavy atom. The highest BCUT2D eigenvalue weighted by molar-refractivity contribution is 5.76. The molecule has 0 unspecified atom stereocenters. The monoisotopic (exact) mass is 327 g/mol. The molecule has 7 nitrogen and oxygen atoms in total. The fourth-order valence-electron chi connectivity index (χ4n) is 2.96. The standard InChI is InChI=1S/C17H21N5O2/c1-13(23)18-10-14-5-6-15(19-11-14)16-4-2-9-22(16)17(24)12-21-8-3-7-20-21/h3,5-8,11,16H,2,4,9-10,12H2,1H3,(H,18,23)/t16-/m1/s1. The van der Waals surface area contributed by atoms with Crippen LogP contribution in [-0.4, -0.2) is 38.0 Å². The molecule has 1 saturated heterocycles. The summed E-state index contributed by atoms with van der Waals surface area (Å²) in [5.74, 6) is -0.00409. The number of rotatable bonds is 5. The molecular weight excluding hydrogens is 306 g/mol. The molecule has 126 valence electrons. The molecule has 7 heteroatoms. The Morgan fingerprint density at radius 2 is 2.25 bits per heavy atom. The SMILES string of the molecule is CC(=O)NCc1ccc([C@H]2CCCN2C(=O)Cn2cccn2)nc1. The molecule has 0 spiro atoms. The van der Waals surface area contributed by atoms with E-state index in [1.807, 2.05) is 23.1 Å². The van der Waals surface area contributed by atoms with Gasteiger partial charge in [-0.25, -0.2) is 0 Å². The lowest BCUT2D eigenvalue weighted by molar-refractivity contribution is -0.133. The van der Waals surface area contributed by atoms with Crippen LogP contribution in [-0.2, 0) is 22.7 Å². The van der Waals surface area contributed by atoms with E-state index in [1.54, 1.807) is 23.3 Å². The van der Waals surface area contributed by atoms with Gasteiger partial charge < -0.3 is 10.2 Å². The Balaban J connectivity index is 1.66. The van der Waals surface area contributed by atoms with Crippen LogP contribution < -0.4 is 5.32 Å². The molecule has 1 atom stereocenters. The first kappa shape index (κ1) is 16.2. The average Bonchev–Trinajstić information content (AvgIpc) is 3.24. The molecular formula is C17H21N5O2. The van der Waals surface area contributed by atoms with Crippen LogP contribution in [0.3, 0.4) is 0 Å². The van der Waals surface area contributed by atoms with Crippen molar-refractivity contribution < 1.29 is 9.59 Å². The van der Waals surface area contributed by atoms with Crippen molar-refractivity contribution in [3.8, 4) is 0 Å². The van der Waals surface area contributed by atoms with Gasteiger partial charge in [-0.1, -0.05) is 6.07 Å². The van der Waals surface area contributed by atoms with Gasteiger partial charge in [0.15, 0.2) is 0 Å². The first-order chi connectivity index (χ1) is 11.6. The predicted molar refractivity (Wildman–Crippen MR) is 87.7 cm³/mol. The third-order valence-corrected chi connectivity index (χ3v) is 4.16. The Kier molecular flexibility index (Phi) is 4.88. The first-order valence-electron chi connectivity index (χ1n) is 8.09. The summed E-state index contributed by atoms with van der Waals surface area (Å²) < 4.78 is 1.64. The largest absolute Gasteiger partial charge is 0.352 e. The van der Waals surface area contributed by atoms with Gasteiger partial charge in [-0.2, -0.15) is 5.10 Å². The van der Waals surface area contributed by atoms with Crippen molar-refractivity contribution in [1.82, 2.24) is 25.0 Å². The minimum atomic E-state index is -0.0646. The average molecular weight is 327 g/mol. The van der Waals surface area contributed by atoms with Gasteiger partial charge in [-0.3, -0.25) is 19.3 Å². The highest BCUT2D eigenvalue weighted by Gasteiger charge is 2.30. The summed E-state index contributed by atoms with van der Waals surface area (Å²) in [7, 11) is 0. The van der Waals surface area contributed by atoms with E-state index < -0.39 is 0 Å². The Bertz CT molecular complexity index is 696. The molecule has 0 aromatic carbocycles. The normalized spacial score (nSPS) is 17.0. The van der Waals surface area contributed by atoms with E-state index in [0.717, 1.165) is 30.6 Å². The van der Waals surface area contributed by atoms with Crippen molar-refractivity contribution in [1.29, 1.82) is 0 Å². The molecule has 0 bridgehead atoms. The topological polar surface area (TPSA) is 80.1 Å². The van der Waals surface area contributed by atoms with E-state index in [2.05, 4.69) is 15.4 Å². The third-order valence-electron chi connectivity index (χ3n) is 4.16. The molecule has 1 aliphatic heterocycles. The molecule has 3 rings (SSSR count). The zero-order chi connectivity index (χ0) is 16.9. The molecule has 0 radical (unpaired) electrons. The molecule has 1 aliphatic rings. The van der Waals surface area contributed by atoms with Gasteiger partial charge in [0.2, 0.25) is 11.8 Å². The van der Waals surface area contributed by atoms with Gasteiger partial charge in [0.05, 0.1) is 11.7 Å². The number of amides is 2. The zero-order valence-electron chi connectivity index (χ0n) is 13.7. The van der Waals surface area contributed by atoms with Gasteiger partial charge in [0.1, 0.15) is 6.54 Å². The maximum atomic E-state index is 12.5. The number of carbonyl (C=O) groups excluding carboxylic acids is 2. The second kappa shape index (κ2) is 7.25. The number of nitrogens with one attached hydrogen (secondary N) is 1. The lowest BCUT2D eigenvalue weighted by atomic mass is 10.1. The van der Waals surface area contributed by atoms with Gasteiger partial charge in [0, 0.05) is 38.6 Å². The van der Waals surface area contributed by atoms with Crippen LogP contribution in [0.4, 0.5) is 0 Å². The van der Waals surface area contributed by atoms with Crippen LogP contribution in [0.2, 0.25) is 0 Å². The molecule has 2 aromatic heterocycles. The summed E-state index contributed by atoms with van der Waals surface area (Å²) in [6.45, 7) is 2.96. The second-order valence-corrected chi connectivity index (χ2v) is 5.95. The fraction of sp³-hybridized carbons (Fsp3) is 0.412. The molecule has 2 aromatic rings. The van der Waals surface area contributed by atoms with Gasteiger partial charge in [0.25, 0.3) is 0 Å². The van der Waals surface area contributed by atoms with Crippen molar-refractivity contribution in [2.45, 2.75) is 38.9 Å². The van der Waals surface area contributed by atoms with E-state index in [-0.39, 0.29) is 24.4 Å². The van der Waals surface area contributed by atoms with E-state index >= 15 is 0 Å². The van der Waals surface area contributed by atoms with Crippen LogP contribution in [0.25, 0.3) is 0 Å². The summed E-state index contributed by atoms with van der Waals surface area (Å²) >= 11 is 0. The van der Waals surface area contributed by atoms with Crippen LogP contribution >= 0.6 is 0 Å². The highest BCUT2D eigenvalue weighted by Crippen LogP contribution is 2.30. The van der Waals surface area contributed by atoms with Crippen molar-refractivity contribution in [3.63, 3.8) is 0 Å². The van der Waals surface area contributed by atoms with Crippen LogP contribution in [0.1, 0.15) is 37.1 Å². The van der Waals surface area contributed by atoms with E-state index in [4.69, 9.17) is 0 Å². The number of carbonyl (C=O) groups is 2. The van der Waals surface area contributed by atoms with E-state index in [9.17, 15) is 9.59 Å². The molecule has 0 aliphatic carbocycles. The minimum Gasteiger partial charge on any atom is -0.352 e. The second-order valence-electron chi connectivity index (χ2n) is 5.95. The van der Waals surface area contributed by atoms with Gasteiger partial charge in [-0.05, 0) is 30.5 Å². The van der Waals surface area contributed by atoms with Gasteiger partial charge in [-0.15, -0.1) is 0 Å². The highest BCUT2D eigenvalue weighted by atomic mass is 16.2.